The van der Waals surface area contributed by atoms with Crippen molar-refractivity contribution in [2.75, 3.05) is 19.6 Å². The third kappa shape index (κ3) is 3.02. The SMILES string of the molecule is O=S(=O)(C1CC1)N1C[C@H]2C[C@@H](C1)[C@H](Cc1ccccc1)N1CCCC[C@@H]21. The molecule has 0 radical (unpaired) electrons. The van der Waals surface area contributed by atoms with Crippen molar-refractivity contribution in [1.29, 1.82) is 0 Å². The molecule has 2 bridgehead atoms. The number of sulfonamides is 1. The minimum atomic E-state index is -3.05. The van der Waals surface area contributed by atoms with Gasteiger partial charge in [-0.2, -0.15) is 0 Å². The van der Waals surface area contributed by atoms with E-state index in [-0.39, 0.29) is 5.25 Å². The van der Waals surface area contributed by atoms with Crippen LogP contribution in [0.1, 0.15) is 44.1 Å². The topological polar surface area (TPSA) is 40.6 Å². The molecule has 0 N–H and O–H groups in total. The van der Waals surface area contributed by atoms with Gasteiger partial charge in [0.1, 0.15) is 0 Å². The summed E-state index contributed by atoms with van der Waals surface area (Å²) < 4.78 is 27.7. The molecule has 0 spiro atoms. The zero-order valence-electron chi connectivity index (χ0n) is 15.5. The summed E-state index contributed by atoms with van der Waals surface area (Å²) in [5, 5.41) is -0.0728. The van der Waals surface area contributed by atoms with Gasteiger partial charge in [0, 0.05) is 25.2 Å². The molecule has 1 saturated carbocycles. The first-order chi connectivity index (χ1) is 12.6. The Labute approximate surface area is 157 Å². The van der Waals surface area contributed by atoms with Gasteiger partial charge in [-0.15, -0.1) is 0 Å². The lowest BCUT2D eigenvalue weighted by atomic mass is 9.71. The predicted octanol–water partition coefficient (Wildman–Crippen LogP) is 2.90. The van der Waals surface area contributed by atoms with Crippen molar-refractivity contribution in [1.82, 2.24) is 9.21 Å². The van der Waals surface area contributed by atoms with Crippen molar-refractivity contribution in [2.45, 2.75) is 62.3 Å². The van der Waals surface area contributed by atoms with Gasteiger partial charge < -0.3 is 0 Å². The van der Waals surface area contributed by atoms with Gasteiger partial charge in [-0.1, -0.05) is 36.8 Å². The second-order valence-corrected chi connectivity index (χ2v) is 11.1. The smallest absolute Gasteiger partial charge is 0.217 e. The Morgan fingerprint density at radius 1 is 0.962 bits per heavy atom. The van der Waals surface area contributed by atoms with Gasteiger partial charge in [-0.25, -0.2) is 12.7 Å². The fourth-order valence-electron chi connectivity index (χ4n) is 5.79. The molecule has 4 aliphatic rings. The molecule has 4 fully saturated rings. The van der Waals surface area contributed by atoms with Crippen molar-refractivity contribution in [2.24, 2.45) is 11.8 Å². The van der Waals surface area contributed by atoms with E-state index >= 15 is 0 Å². The van der Waals surface area contributed by atoms with Crippen LogP contribution in [0.25, 0.3) is 0 Å². The van der Waals surface area contributed by atoms with Crippen LogP contribution in [0.2, 0.25) is 0 Å². The molecule has 0 aromatic heterocycles. The Morgan fingerprint density at radius 3 is 2.50 bits per heavy atom. The van der Waals surface area contributed by atoms with Crippen molar-refractivity contribution < 1.29 is 8.42 Å². The van der Waals surface area contributed by atoms with Gasteiger partial charge in [0.25, 0.3) is 0 Å². The first-order valence-electron chi connectivity index (χ1n) is 10.4. The lowest BCUT2D eigenvalue weighted by Gasteiger charge is -2.56. The zero-order valence-corrected chi connectivity index (χ0v) is 16.3. The van der Waals surface area contributed by atoms with E-state index in [1.54, 1.807) is 0 Å². The third-order valence-corrected chi connectivity index (χ3v) is 9.51. The number of rotatable bonds is 4. The van der Waals surface area contributed by atoms with Gasteiger partial charge in [-0.05, 0) is 62.5 Å². The molecule has 4 atom stereocenters. The van der Waals surface area contributed by atoms with E-state index in [0.29, 0.717) is 23.9 Å². The van der Waals surface area contributed by atoms with Crippen LogP contribution in [-0.4, -0.2) is 54.6 Å². The number of fused-ring (bicyclic) bond motifs is 4. The number of nitrogens with zero attached hydrogens (tertiary/aromatic N) is 2. The summed E-state index contributed by atoms with van der Waals surface area (Å²) in [6.45, 7) is 2.72. The van der Waals surface area contributed by atoms with Gasteiger partial charge >= 0.3 is 0 Å². The van der Waals surface area contributed by atoms with Gasteiger partial charge in [-0.3, -0.25) is 4.90 Å². The van der Waals surface area contributed by atoms with Crippen molar-refractivity contribution >= 4 is 10.0 Å². The van der Waals surface area contributed by atoms with E-state index in [0.717, 1.165) is 32.4 Å². The van der Waals surface area contributed by atoms with Crippen LogP contribution < -0.4 is 0 Å². The summed E-state index contributed by atoms with van der Waals surface area (Å²) in [6.07, 6.45) is 7.87. The number of hydrogen-bond donors (Lipinski definition) is 0. The van der Waals surface area contributed by atoms with E-state index in [4.69, 9.17) is 0 Å². The molecule has 0 amide bonds. The lowest BCUT2D eigenvalue weighted by Crippen LogP contribution is -2.64. The number of benzene rings is 1. The average Bonchev–Trinajstić information content (AvgIpc) is 3.52. The predicted molar refractivity (Wildman–Crippen MR) is 103 cm³/mol. The molecule has 0 unspecified atom stereocenters. The molecular weight excluding hydrogens is 344 g/mol. The summed E-state index contributed by atoms with van der Waals surface area (Å²) in [6, 6.07) is 11.9. The van der Waals surface area contributed by atoms with Gasteiger partial charge in [0.05, 0.1) is 5.25 Å². The Bertz CT molecular complexity index is 747. The van der Waals surface area contributed by atoms with Crippen LogP contribution in [-0.2, 0) is 16.4 Å². The number of piperidine rings is 3. The molecule has 142 valence electrons. The second kappa shape index (κ2) is 6.61. The Morgan fingerprint density at radius 2 is 1.73 bits per heavy atom. The molecule has 1 aliphatic carbocycles. The zero-order chi connectivity index (χ0) is 17.7. The summed E-state index contributed by atoms with van der Waals surface area (Å²) >= 11 is 0. The Hall–Kier alpha value is -0.910. The molecular formula is C21H30N2O2S. The molecule has 26 heavy (non-hydrogen) atoms. The van der Waals surface area contributed by atoms with E-state index in [2.05, 4.69) is 35.2 Å². The van der Waals surface area contributed by atoms with Crippen LogP contribution >= 0.6 is 0 Å². The standard InChI is InChI=1S/C21H30N2O2S/c24-26(25,19-9-10-19)22-14-17-13-18(15-22)21(12-16-6-2-1-3-7-16)23-11-5-4-8-20(17)23/h1-3,6-7,17-21H,4-5,8-15H2/t17-,18+,20+,21+/m1/s1. The maximum atomic E-state index is 12.9. The Kier molecular flexibility index (Phi) is 4.37. The van der Waals surface area contributed by atoms with Crippen LogP contribution in [0, 0.1) is 11.8 Å². The highest BCUT2D eigenvalue weighted by atomic mass is 32.2. The van der Waals surface area contributed by atoms with Crippen LogP contribution in [0.15, 0.2) is 30.3 Å². The van der Waals surface area contributed by atoms with Crippen LogP contribution in [0.3, 0.4) is 0 Å². The van der Waals surface area contributed by atoms with Crippen molar-refractivity contribution in [3.63, 3.8) is 0 Å². The third-order valence-electron chi connectivity index (χ3n) is 7.18. The molecule has 1 aromatic carbocycles. The van der Waals surface area contributed by atoms with Crippen LogP contribution in [0.4, 0.5) is 0 Å². The second-order valence-electron chi connectivity index (χ2n) is 8.88. The quantitative estimate of drug-likeness (QED) is 0.814. The normalized spacial score (nSPS) is 35.8. The first-order valence-corrected chi connectivity index (χ1v) is 11.9. The highest BCUT2D eigenvalue weighted by Crippen LogP contribution is 2.44. The fraction of sp³-hybridized carbons (Fsp3) is 0.714. The van der Waals surface area contributed by atoms with Gasteiger partial charge in [0.2, 0.25) is 10.0 Å². The minimum Gasteiger partial charge on any atom is -0.296 e. The summed E-state index contributed by atoms with van der Waals surface area (Å²) in [5.74, 6) is 1.02. The van der Waals surface area contributed by atoms with Crippen LogP contribution in [0.5, 0.6) is 0 Å². The largest absolute Gasteiger partial charge is 0.296 e. The molecule has 3 saturated heterocycles. The first kappa shape index (κ1) is 17.2. The van der Waals surface area contributed by atoms with E-state index in [1.807, 2.05) is 4.31 Å². The highest BCUT2D eigenvalue weighted by molar-refractivity contribution is 7.90. The molecule has 1 aromatic rings. The average molecular weight is 375 g/mol. The van der Waals surface area contributed by atoms with E-state index in [1.165, 1.54) is 37.8 Å². The molecule has 4 nitrogen and oxygen atoms in total. The summed E-state index contributed by atoms with van der Waals surface area (Å²) in [5.41, 5.74) is 1.39. The molecule has 3 heterocycles. The monoisotopic (exact) mass is 374 g/mol. The van der Waals surface area contributed by atoms with Gasteiger partial charge in [0.15, 0.2) is 0 Å². The molecule has 5 rings (SSSR count). The molecule has 5 heteroatoms. The molecule has 3 aliphatic heterocycles. The number of hydrogen-bond acceptors (Lipinski definition) is 3. The fourth-order valence-corrected chi connectivity index (χ4v) is 7.74. The van der Waals surface area contributed by atoms with E-state index < -0.39 is 10.0 Å². The maximum absolute atomic E-state index is 12.9. The lowest BCUT2D eigenvalue weighted by molar-refractivity contribution is -0.0550. The summed E-state index contributed by atoms with van der Waals surface area (Å²) in [7, 11) is -3.05. The highest BCUT2D eigenvalue weighted by Gasteiger charge is 2.51. The summed E-state index contributed by atoms with van der Waals surface area (Å²) in [4.78, 5) is 2.77. The van der Waals surface area contributed by atoms with Crippen molar-refractivity contribution in [3.05, 3.63) is 35.9 Å². The minimum absolute atomic E-state index is 0.0728. The maximum Gasteiger partial charge on any atom is 0.217 e. The van der Waals surface area contributed by atoms with E-state index in [9.17, 15) is 8.42 Å². The van der Waals surface area contributed by atoms with Crippen molar-refractivity contribution in [3.8, 4) is 0 Å². The Balaban J connectivity index is 1.43.